The first-order valence-corrected chi connectivity index (χ1v) is 4.85. The Labute approximate surface area is 75.3 Å². The van der Waals surface area contributed by atoms with E-state index >= 15 is 0 Å². The van der Waals surface area contributed by atoms with Crippen molar-refractivity contribution >= 4 is 5.97 Å². The molecule has 0 aromatic rings. The predicted octanol–water partition coefficient (Wildman–Crippen LogP) is 2.77. The number of ether oxygens (including phenoxy) is 1. The second-order valence-corrected chi connectivity index (χ2v) is 3.38. The van der Waals surface area contributed by atoms with Crippen LogP contribution in [0.3, 0.4) is 0 Å². The van der Waals surface area contributed by atoms with E-state index in [0.29, 0.717) is 6.61 Å². The molecule has 2 heteroatoms. The topological polar surface area (TPSA) is 26.3 Å². The third kappa shape index (κ3) is 6.20. The van der Waals surface area contributed by atoms with E-state index in [1.54, 1.807) is 0 Å². The fourth-order valence-corrected chi connectivity index (χ4v) is 0.868. The Bertz CT molecular complexity index is 119. The van der Waals surface area contributed by atoms with Gasteiger partial charge in [0, 0.05) is 0 Å². The lowest BCUT2D eigenvalue weighted by atomic mass is 10.2. The monoisotopic (exact) mass is 172 g/mol. The van der Waals surface area contributed by atoms with Crippen molar-refractivity contribution in [1.29, 1.82) is 0 Å². The predicted molar refractivity (Wildman–Crippen MR) is 49.9 cm³/mol. The van der Waals surface area contributed by atoms with Crippen LogP contribution in [0, 0.1) is 5.92 Å². The van der Waals surface area contributed by atoms with Crippen molar-refractivity contribution in [2.75, 3.05) is 6.61 Å². The molecule has 0 aromatic heterocycles. The summed E-state index contributed by atoms with van der Waals surface area (Å²) in [6, 6.07) is 0. The molecule has 0 unspecified atom stereocenters. The van der Waals surface area contributed by atoms with Gasteiger partial charge >= 0.3 is 5.97 Å². The molecule has 0 bridgehead atoms. The Hall–Kier alpha value is -0.530. The summed E-state index contributed by atoms with van der Waals surface area (Å²) in [5.41, 5.74) is 0. The fraction of sp³-hybridized carbons (Fsp3) is 0.900. The standard InChI is InChI=1S/C10H20O2/c1-4-5-6-7-8-12-10(11)9(2)3/h9H,4-8H2,1-3H3. The average molecular weight is 172 g/mol. The third-order valence-electron chi connectivity index (χ3n) is 1.71. The summed E-state index contributed by atoms with van der Waals surface area (Å²) in [5, 5.41) is 0. The van der Waals surface area contributed by atoms with E-state index in [0.717, 1.165) is 6.42 Å². The highest BCUT2D eigenvalue weighted by Crippen LogP contribution is 2.01. The fourth-order valence-electron chi connectivity index (χ4n) is 0.868. The molecular formula is C10H20O2. The van der Waals surface area contributed by atoms with E-state index in [9.17, 15) is 4.79 Å². The normalized spacial score (nSPS) is 10.3. The summed E-state index contributed by atoms with van der Waals surface area (Å²) in [7, 11) is 0. The van der Waals surface area contributed by atoms with Crippen molar-refractivity contribution in [3.05, 3.63) is 0 Å². The van der Waals surface area contributed by atoms with Gasteiger partial charge in [-0.3, -0.25) is 4.79 Å². The first-order chi connectivity index (χ1) is 5.68. The van der Waals surface area contributed by atoms with Gasteiger partial charge in [-0.25, -0.2) is 0 Å². The number of hydrogen-bond donors (Lipinski definition) is 0. The number of carbonyl (C=O) groups is 1. The van der Waals surface area contributed by atoms with Crippen LogP contribution in [-0.2, 0) is 9.53 Å². The largest absolute Gasteiger partial charge is 0.465 e. The van der Waals surface area contributed by atoms with Crippen molar-refractivity contribution in [1.82, 2.24) is 0 Å². The summed E-state index contributed by atoms with van der Waals surface area (Å²) >= 11 is 0. The van der Waals surface area contributed by atoms with E-state index in [-0.39, 0.29) is 11.9 Å². The van der Waals surface area contributed by atoms with Gasteiger partial charge in [0.25, 0.3) is 0 Å². The van der Waals surface area contributed by atoms with Crippen molar-refractivity contribution in [3.63, 3.8) is 0 Å². The molecule has 0 saturated carbocycles. The molecule has 0 saturated heterocycles. The van der Waals surface area contributed by atoms with Crippen molar-refractivity contribution in [2.24, 2.45) is 5.92 Å². The van der Waals surface area contributed by atoms with Gasteiger partial charge in [-0.2, -0.15) is 0 Å². The smallest absolute Gasteiger partial charge is 0.308 e. The van der Waals surface area contributed by atoms with Crippen LogP contribution in [-0.4, -0.2) is 12.6 Å². The second kappa shape index (κ2) is 7.14. The maximum Gasteiger partial charge on any atom is 0.308 e. The lowest BCUT2D eigenvalue weighted by Gasteiger charge is -2.05. The van der Waals surface area contributed by atoms with Crippen LogP contribution in [0.4, 0.5) is 0 Å². The Kier molecular flexibility index (Phi) is 6.82. The Morgan fingerprint density at radius 1 is 1.25 bits per heavy atom. The highest BCUT2D eigenvalue weighted by molar-refractivity contribution is 5.71. The van der Waals surface area contributed by atoms with Crippen LogP contribution in [0.25, 0.3) is 0 Å². The van der Waals surface area contributed by atoms with E-state index in [4.69, 9.17) is 4.74 Å². The van der Waals surface area contributed by atoms with E-state index < -0.39 is 0 Å². The van der Waals surface area contributed by atoms with Gasteiger partial charge in [0.1, 0.15) is 0 Å². The zero-order chi connectivity index (χ0) is 9.40. The van der Waals surface area contributed by atoms with Crippen LogP contribution < -0.4 is 0 Å². The minimum absolute atomic E-state index is 0.0103. The van der Waals surface area contributed by atoms with Gasteiger partial charge < -0.3 is 4.74 Å². The van der Waals surface area contributed by atoms with Gasteiger partial charge in [-0.15, -0.1) is 0 Å². The van der Waals surface area contributed by atoms with Crippen LogP contribution >= 0.6 is 0 Å². The number of rotatable bonds is 6. The molecule has 0 aliphatic carbocycles. The molecule has 0 heterocycles. The van der Waals surface area contributed by atoms with Crippen molar-refractivity contribution in [3.8, 4) is 0 Å². The zero-order valence-corrected chi connectivity index (χ0v) is 8.43. The minimum Gasteiger partial charge on any atom is -0.465 e. The van der Waals surface area contributed by atoms with Crippen molar-refractivity contribution < 1.29 is 9.53 Å². The summed E-state index contributed by atoms with van der Waals surface area (Å²) in [6.07, 6.45) is 4.63. The maximum absolute atomic E-state index is 11.0. The van der Waals surface area contributed by atoms with Crippen molar-refractivity contribution in [2.45, 2.75) is 46.5 Å². The molecule has 0 N–H and O–H groups in total. The van der Waals surface area contributed by atoms with Gasteiger partial charge in [0.05, 0.1) is 12.5 Å². The summed E-state index contributed by atoms with van der Waals surface area (Å²) < 4.78 is 5.01. The van der Waals surface area contributed by atoms with Crippen LogP contribution in [0.15, 0.2) is 0 Å². The molecule has 0 rings (SSSR count). The average Bonchev–Trinajstić information content (AvgIpc) is 2.03. The van der Waals surface area contributed by atoms with E-state index in [1.807, 2.05) is 13.8 Å². The molecule has 2 nitrogen and oxygen atoms in total. The molecule has 0 amide bonds. The Morgan fingerprint density at radius 2 is 1.92 bits per heavy atom. The molecule has 0 aliphatic heterocycles. The molecule has 0 spiro atoms. The minimum atomic E-state index is -0.0773. The highest BCUT2D eigenvalue weighted by Gasteiger charge is 2.06. The van der Waals surface area contributed by atoms with E-state index in [2.05, 4.69) is 6.92 Å². The number of hydrogen-bond acceptors (Lipinski definition) is 2. The quantitative estimate of drug-likeness (QED) is 0.455. The highest BCUT2D eigenvalue weighted by atomic mass is 16.5. The molecule has 0 radical (unpaired) electrons. The summed E-state index contributed by atoms with van der Waals surface area (Å²) in [6.45, 7) is 6.47. The Morgan fingerprint density at radius 3 is 2.42 bits per heavy atom. The van der Waals surface area contributed by atoms with E-state index in [1.165, 1.54) is 19.3 Å². The van der Waals surface area contributed by atoms with Gasteiger partial charge in [-0.05, 0) is 6.42 Å². The molecule has 12 heavy (non-hydrogen) atoms. The van der Waals surface area contributed by atoms with Gasteiger partial charge in [-0.1, -0.05) is 40.0 Å². The summed E-state index contributed by atoms with van der Waals surface area (Å²) in [5.74, 6) is -0.0670. The lowest BCUT2D eigenvalue weighted by molar-refractivity contribution is -0.147. The van der Waals surface area contributed by atoms with Crippen LogP contribution in [0.1, 0.15) is 46.5 Å². The van der Waals surface area contributed by atoms with Crippen LogP contribution in [0.2, 0.25) is 0 Å². The number of unbranched alkanes of at least 4 members (excludes halogenated alkanes) is 3. The second-order valence-electron chi connectivity index (χ2n) is 3.38. The van der Waals surface area contributed by atoms with Gasteiger partial charge in [0.15, 0.2) is 0 Å². The molecule has 0 aliphatic rings. The molecule has 0 aromatic carbocycles. The first-order valence-electron chi connectivity index (χ1n) is 4.85. The Balaban J connectivity index is 3.14. The third-order valence-corrected chi connectivity index (χ3v) is 1.71. The zero-order valence-electron chi connectivity index (χ0n) is 8.43. The molecule has 72 valence electrons. The molecule has 0 fully saturated rings. The molecule has 0 atom stereocenters. The maximum atomic E-state index is 11.0. The first kappa shape index (κ1) is 11.5. The SMILES string of the molecule is CCCCCCOC(=O)C(C)C. The number of esters is 1. The number of carbonyl (C=O) groups excluding carboxylic acids is 1. The summed E-state index contributed by atoms with van der Waals surface area (Å²) in [4.78, 5) is 11.0. The van der Waals surface area contributed by atoms with Crippen LogP contribution in [0.5, 0.6) is 0 Å². The molecular weight excluding hydrogens is 152 g/mol. The lowest BCUT2D eigenvalue weighted by Crippen LogP contribution is -2.12. The van der Waals surface area contributed by atoms with Gasteiger partial charge in [0.2, 0.25) is 0 Å².